The molecular formula is C18H28N4O4S. The fraction of sp³-hybridized carbons (Fsp3) is 0.556. The van der Waals surface area contributed by atoms with Crippen molar-refractivity contribution >= 4 is 22.0 Å². The van der Waals surface area contributed by atoms with Gasteiger partial charge in [0.1, 0.15) is 0 Å². The first-order valence-electron chi connectivity index (χ1n) is 9.14. The molecule has 1 saturated heterocycles. The molecule has 9 heteroatoms. The van der Waals surface area contributed by atoms with Gasteiger partial charge in [-0.25, -0.2) is 13.2 Å². The van der Waals surface area contributed by atoms with Crippen molar-refractivity contribution in [2.45, 2.75) is 31.6 Å². The van der Waals surface area contributed by atoms with Gasteiger partial charge in [-0.3, -0.25) is 15.0 Å². The summed E-state index contributed by atoms with van der Waals surface area (Å²) in [6.07, 6.45) is 0. The second kappa shape index (κ2) is 9.29. The average molecular weight is 397 g/mol. The Kier molecular flexibility index (Phi) is 7.34. The number of carbonyl (C=O) groups is 2. The molecule has 0 aromatic heterocycles. The number of hydrogen-bond donors (Lipinski definition) is 2. The Morgan fingerprint density at radius 1 is 1.07 bits per heavy atom. The molecule has 8 nitrogen and oxygen atoms in total. The zero-order chi connectivity index (χ0) is 20.0. The summed E-state index contributed by atoms with van der Waals surface area (Å²) in [6, 6.07) is 6.47. The second-order valence-electron chi connectivity index (χ2n) is 6.81. The largest absolute Gasteiger partial charge is 0.338 e. The van der Waals surface area contributed by atoms with Gasteiger partial charge in [-0.2, -0.15) is 4.31 Å². The molecule has 0 aliphatic carbocycles. The van der Waals surface area contributed by atoms with Gasteiger partial charge >= 0.3 is 6.03 Å². The second-order valence-corrected chi connectivity index (χ2v) is 8.75. The first-order chi connectivity index (χ1) is 12.7. The predicted molar refractivity (Wildman–Crippen MR) is 103 cm³/mol. The number of carbonyl (C=O) groups excluding carboxylic acids is 2. The summed E-state index contributed by atoms with van der Waals surface area (Å²) in [5.41, 5.74) is 1.09. The molecule has 1 aromatic carbocycles. The van der Waals surface area contributed by atoms with Crippen LogP contribution in [0.4, 0.5) is 4.79 Å². The number of benzene rings is 1. The summed E-state index contributed by atoms with van der Waals surface area (Å²) in [4.78, 5) is 25.3. The Hall–Kier alpha value is -1.97. The van der Waals surface area contributed by atoms with E-state index >= 15 is 0 Å². The third-order valence-corrected chi connectivity index (χ3v) is 6.39. The van der Waals surface area contributed by atoms with Crippen molar-refractivity contribution < 1.29 is 18.0 Å². The fourth-order valence-electron chi connectivity index (χ4n) is 2.88. The van der Waals surface area contributed by atoms with Crippen LogP contribution in [0, 0.1) is 0 Å². The quantitative estimate of drug-likeness (QED) is 0.746. The van der Waals surface area contributed by atoms with Crippen LogP contribution in [-0.4, -0.2) is 68.8 Å². The highest BCUT2D eigenvalue weighted by Crippen LogP contribution is 2.21. The lowest BCUT2D eigenvalue weighted by molar-refractivity contribution is -0.121. The minimum absolute atomic E-state index is 0.0636. The first-order valence-corrected chi connectivity index (χ1v) is 10.6. The maximum Gasteiger partial charge on any atom is 0.321 e. The summed E-state index contributed by atoms with van der Waals surface area (Å²) in [5.74, 6) is -0.0580. The molecule has 2 N–H and O–H groups in total. The molecule has 1 aromatic rings. The van der Waals surface area contributed by atoms with Crippen molar-refractivity contribution in [2.24, 2.45) is 0 Å². The average Bonchev–Trinajstić information content (AvgIpc) is 2.62. The maximum atomic E-state index is 12.8. The Morgan fingerprint density at radius 2 is 1.67 bits per heavy atom. The van der Waals surface area contributed by atoms with Crippen LogP contribution < -0.4 is 10.6 Å². The number of imide groups is 1. The van der Waals surface area contributed by atoms with E-state index in [4.69, 9.17) is 0 Å². The number of piperazine rings is 1. The van der Waals surface area contributed by atoms with E-state index in [9.17, 15) is 18.0 Å². The maximum absolute atomic E-state index is 12.8. The third-order valence-electron chi connectivity index (χ3n) is 4.47. The molecule has 0 atom stereocenters. The molecule has 3 amide bonds. The first kappa shape index (κ1) is 21.3. The van der Waals surface area contributed by atoms with Crippen LogP contribution in [0.3, 0.4) is 0 Å². The molecule has 0 saturated carbocycles. The van der Waals surface area contributed by atoms with Gasteiger partial charge in [0.05, 0.1) is 11.4 Å². The smallest absolute Gasteiger partial charge is 0.321 e. The van der Waals surface area contributed by atoms with Crippen LogP contribution in [0.1, 0.15) is 32.3 Å². The van der Waals surface area contributed by atoms with E-state index < -0.39 is 22.0 Å². The number of sulfonamides is 1. The van der Waals surface area contributed by atoms with E-state index in [1.54, 1.807) is 19.1 Å². The molecule has 150 valence electrons. The Labute approximate surface area is 161 Å². The van der Waals surface area contributed by atoms with E-state index in [-0.39, 0.29) is 11.4 Å². The molecule has 1 heterocycles. The standard InChI is InChI=1S/C18H28N4O4S/c1-4-19-18(24)20-17(23)13-21-9-11-22(12-10-21)27(25,26)16-7-5-15(6-8-16)14(2)3/h5-8,14H,4,9-13H2,1-3H3,(H2,19,20,23,24). The summed E-state index contributed by atoms with van der Waals surface area (Å²) in [6.45, 7) is 7.88. The van der Waals surface area contributed by atoms with Crippen molar-refractivity contribution in [3.63, 3.8) is 0 Å². The molecule has 1 aliphatic heterocycles. The van der Waals surface area contributed by atoms with Crippen molar-refractivity contribution in [2.75, 3.05) is 39.3 Å². The van der Waals surface area contributed by atoms with Crippen molar-refractivity contribution in [1.29, 1.82) is 0 Å². The minimum Gasteiger partial charge on any atom is -0.338 e. The molecule has 0 radical (unpaired) electrons. The van der Waals surface area contributed by atoms with E-state index in [0.29, 0.717) is 38.6 Å². The fourth-order valence-corrected chi connectivity index (χ4v) is 4.30. The number of nitrogens with zero attached hydrogens (tertiary/aromatic N) is 2. The molecular weight excluding hydrogens is 368 g/mol. The summed E-state index contributed by atoms with van der Waals surface area (Å²) >= 11 is 0. The Bertz CT molecular complexity index is 754. The van der Waals surface area contributed by atoms with Crippen LogP contribution in [0.2, 0.25) is 0 Å². The van der Waals surface area contributed by atoms with Crippen LogP contribution in [0.5, 0.6) is 0 Å². The van der Waals surface area contributed by atoms with Gasteiger partial charge < -0.3 is 5.32 Å². The molecule has 1 aliphatic rings. The minimum atomic E-state index is -3.54. The lowest BCUT2D eigenvalue weighted by atomic mass is 10.0. The van der Waals surface area contributed by atoms with Gasteiger partial charge in [-0.15, -0.1) is 0 Å². The number of urea groups is 1. The topological polar surface area (TPSA) is 98.8 Å². The highest BCUT2D eigenvalue weighted by molar-refractivity contribution is 7.89. The van der Waals surface area contributed by atoms with Crippen molar-refractivity contribution in [1.82, 2.24) is 19.8 Å². The third kappa shape index (κ3) is 5.75. The molecule has 0 unspecified atom stereocenters. The van der Waals surface area contributed by atoms with Gasteiger partial charge in [0, 0.05) is 32.7 Å². The molecule has 2 rings (SSSR count). The van der Waals surface area contributed by atoms with Crippen molar-refractivity contribution in [3.05, 3.63) is 29.8 Å². The van der Waals surface area contributed by atoms with Gasteiger partial charge in [-0.05, 0) is 30.5 Å². The molecule has 1 fully saturated rings. The molecule has 0 spiro atoms. The monoisotopic (exact) mass is 396 g/mol. The zero-order valence-electron chi connectivity index (χ0n) is 16.1. The highest BCUT2D eigenvalue weighted by atomic mass is 32.2. The highest BCUT2D eigenvalue weighted by Gasteiger charge is 2.29. The Morgan fingerprint density at radius 3 is 2.19 bits per heavy atom. The lowest BCUT2D eigenvalue weighted by Crippen LogP contribution is -2.52. The summed E-state index contributed by atoms with van der Waals surface area (Å²) in [7, 11) is -3.54. The number of rotatable bonds is 6. The van der Waals surface area contributed by atoms with E-state index in [1.165, 1.54) is 4.31 Å². The van der Waals surface area contributed by atoms with Crippen LogP contribution in [-0.2, 0) is 14.8 Å². The van der Waals surface area contributed by atoms with Gasteiger partial charge in [0.15, 0.2) is 0 Å². The molecule has 0 bridgehead atoms. The van der Waals surface area contributed by atoms with E-state index in [0.717, 1.165) is 5.56 Å². The number of amides is 3. The summed E-state index contributed by atoms with van der Waals surface area (Å²) < 4.78 is 27.0. The summed E-state index contributed by atoms with van der Waals surface area (Å²) in [5, 5.41) is 4.74. The van der Waals surface area contributed by atoms with Crippen LogP contribution in [0.15, 0.2) is 29.2 Å². The number of hydrogen-bond acceptors (Lipinski definition) is 5. The number of nitrogens with one attached hydrogen (secondary N) is 2. The Balaban J connectivity index is 1.90. The lowest BCUT2D eigenvalue weighted by Gasteiger charge is -2.33. The zero-order valence-corrected chi connectivity index (χ0v) is 16.9. The molecule has 27 heavy (non-hydrogen) atoms. The van der Waals surface area contributed by atoms with Crippen LogP contribution >= 0.6 is 0 Å². The van der Waals surface area contributed by atoms with Crippen LogP contribution in [0.25, 0.3) is 0 Å². The van der Waals surface area contributed by atoms with Gasteiger partial charge in [0.25, 0.3) is 0 Å². The van der Waals surface area contributed by atoms with E-state index in [1.807, 2.05) is 17.0 Å². The van der Waals surface area contributed by atoms with Gasteiger partial charge in [0.2, 0.25) is 15.9 Å². The van der Waals surface area contributed by atoms with Gasteiger partial charge in [-0.1, -0.05) is 26.0 Å². The van der Waals surface area contributed by atoms with Crippen molar-refractivity contribution in [3.8, 4) is 0 Å². The predicted octanol–water partition coefficient (Wildman–Crippen LogP) is 0.962. The normalized spacial score (nSPS) is 16.3. The SMILES string of the molecule is CCNC(=O)NC(=O)CN1CCN(S(=O)(=O)c2ccc(C(C)C)cc2)CC1. The van der Waals surface area contributed by atoms with E-state index in [2.05, 4.69) is 24.5 Å².